The lowest BCUT2D eigenvalue weighted by Gasteiger charge is -2.13. The summed E-state index contributed by atoms with van der Waals surface area (Å²) in [5.41, 5.74) is 3.33. The van der Waals surface area contributed by atoms with Crippen molar-refractivity contribution in [1.82, 2.24) is 0 Å². The molecule has 0 saturated carbocycles. The zero-order valence-corrected chi connectivity index (χ0v) is 11.0. The van der Waals surface area contributed by atoms with Crippen LogP contribution in [0.4, 0.5) is 5.69 Å². The highest BCUT2D eigenvalue weighted by molar-refractivity contribution is 6.00. The molecule has 1 aromatic carbocycles. The van der Waals surface area contributed by atoms with Gasteiger partial charge in [-0.2, -0.15) is 0 Å². The van der Waals surface area contributed by atoms with Gasteiger partial charge in [0.1, 0.15) is 0 Å². The highest BCUT2D eigenvalue weighted by Crippen LogP contribution is 2.22. The van der Waals surface area contributed by atoms with Gasteiger partial charge >= 0.3 is 0 Å². The summed E-state index contributed by atoms with van der Waals surface area (Å²) in [6.07, 6.45) is 0. The van der Waals surface area contributed by atoms with Gasteiger partial charge in [0.2, 0.25) is 5.91 Å². The molecule has 0 saturated heterocycles. The van der Waals surface area contributed by atoms with Gasteiger partial charge < -0.3 is 5.32 Å². The Morgan fingerprint density at radius 1 is 1.12 bits per heavy atom. The molecule has 0 heterocycles. The van der Waals surface area contributed by atoms with Crippen LogP contribution in [0.3, 0.4) is 0 Å². The lowest BCUT2D eigenvalue weighted by molar-refractivity contribution is -0.114. The number of carbonyl (C=O) groups is 2. The molecule has 1 rings (SSSR count). The van der Waals surface area contributed by atoms with Crippen LogP contribution in [0.2, 0.25) is 0 Å². The van der Waals surface area contributed by atoms with Gasteiger partial charge in [0, 0.05) is 24.1 Å². The van der Waals surface area contributed by atoms with Crippen molar-refractivity contribution in [1.29, 1.82) is 0 Å². The van der Waals surface area contributed by atoms with Gasteiger partial charge in [-0.25, -0.2) is 0 Å². The number of hydrogen-bond donors (Lipinski definition) is 1. The van der Waals surface area contributed by atoms with E-state index < -0.39 is 0 Å². The van der Waals surface area contributed by atoms with Crippen LogP contribution in [-0.2, 0) is 4.79 Å². The number of carbonyl (C=O) groups excluding carboxylic acids is 2. The lowest BCUT2D eigenvalue weighted by Crippen LogP contribution is -2.12. The third kappa shape index (κ3) is 3.16. The van der Waals surface area contributed by atoms with Crippen molar-refractivity contribution in [2.45, 2.75) is 34.6 Å². The molecule has 1 N–H and O–H groups in total. The Balaban J connectivity index is 3.18. The van der Waals surface area contributed by atoms with E-state index in [2.05, 4.69) is 5.32 Å². The number of benzene rings is 1. The Bertz CT molecular complexity index is 462. The zero-order chi connectivity index (χ0) is 13.2. The van der Waals surface area contributed by atoms with E-state index in [1.165, 1.54) is 6.92 Å². The first-order valence-electron chi connectivity index (χ1n) is 5.76. The fourth-order valence-electron chi connectivity index (χ4n) is 1.72. The van der Waals surface area contributed by atoms with Crippen LogP contribution in [-0.4, -0.2) is 11.7 Å². The molecular weight excluding hydrogens is 214 g/mol. The summed E-state index contributed by atoms with van der Waals surface area (Å²) >= 11 is 0. The van der Waals surface area contributed by atoms with Crippen molar-refractivity contribution in [2.75, 3.05) is 5.32 Å². The second-order valence-electron chi connectivity index (χ2n) is 4.68. The first kappa shape index (κ1) is 13.4. The molecular formula is C14H19NO2. The van der Waals surface area contributed by atoms with Crippen molar-refractivity contribution >= 4 is 17.4 Å². The van der Waals surface area contributed by atoms with E-state index in [-0.39, 0.29) is 17.6 Å². The number of nitrogens with one attached hydrogen (secondary N) is 1. The summed E-state index contributed by atoms with van der Waals surface area (Å²) in [5, 5.41) is 2.76. The predicted octanol–water partition coefficient (Wildman–Crippen LogP) is 3.10. The van der Waals surface area contributed by atoms with Gasteiger partial charge in [-0.3, -0.25) is 9.59 Å². The third-order valence-corrected chi connectivity index (χ3v) is 2.67. The quantitative estimate of drug-likeness (QED) is 0.815. The maximum atomic E-state index is 12.0. The SMILES string of the molecule is CC(=O)Nc1cc(C)c(C(=O)C(C)C)cc1C. The first-order valence-corrected chi connectivity index (χ1v) is 5.76. The van der Waals surface area contributed by atoms with Crippen LogP contribution in [0.15, 0.2) is 12.1 Å². The zero-order valence-electron chi connectivity index (χ0n) is 11.0. The standard InChI is InChI=1S/C14H19NO2/c1-8(2)14(17)12-6-10(4)13(7-9(12)3)15-11(5)16/h6-8H,1-5H3,(H,15,16). The van der Waals surface area contributed by atoms with Crippen LogP contribution >= 0.6 is 0 Å². The van der Waals surface area contributed by atoms with Crippen LogP contribution in [0, 0.1) is 19.8 Å². The molecule has 0 fully saturated rings. The van der Waals surface area contributed by atoms with Gasteiger partial charge in [0.05, 0.1) is 0 Å². The number of anilines is 1. The molecule has 3 heteroatoms. The Hall–Kier alpha value is -1.64. The van der Waals surface area contributed by atoms with E-state index >= 15 is 0 Å². The molecule has 92 valence electrons. The number of hydrogen-bond acceptors (Lipinski definition) is 2. The van der Waals surface area contributed by atoms with Gasteiger partial charge in [-0.15, -0.1) is 0 Å². The van der Waals surface area contributed by atoms with Crippen molar-refractivity contribution in [3.63, 3.8) is 0 Å². The molecule has 0 aliphatic carbocycles. The molecule has 0 radical (unpaired) electrons. The second kappa shape index (κ2) is 5.13. The van der Waals surface area contributed by atoms with E-state index in [4.69, 9.17) is 0 Å². The number of ketones is 1. The van der Waals surface area contributed by atoms with Crippen molar-refractivity contribution < 1.29 is 9.59 Å². The Kier molecular flexibility index (Phi) is 4.05. The van der Waals surface area contributed by atoms with Crippen LogP contribution in [0.25, 0.3) is 0 Å². The van der Waals surface area contributed by atoms with Crippen LogP contribution in [0.1, 0.15) is 42.3 Å². The van der Waals surface area contributed by atoms with Crippen molar-refractivity contribution in [3.05, 3.63) is 28.8 Å². The molecule has 0 aromatic heterocycles. The molecule has 17 heavy (non-hydrogen) atoms. The minimum absolute atomic E-state index is 0.0142. The predicted molar refractivity (Wildman–Crippen MR) is 69.4 cm³/mol. The van der Waals surface area contributed by atoms with E-state index in [1.54, 1.807) is 0 Å². The first-order chi connectivity index (χ1) is 7.82. The maximum absolute atomic E-state index is 12.0. The van der Waals surface area contributed by atoms with E-state index in [0.717, 1.165) is 22.4 Å². The topological polar surface area (TPSA) is 46.2 Å². The Labute approximate surface area is 102 Å². The lowest BCUT2D eigenvalue weighted by atomic mass is 9.94. The largest absolute Gasteiger partial charge is 0.326 e. The summed E-state index contributed by atoms with van der Waals surface area (Å²) in [5.74, 6) is 0.0233. The van der Waals surface area contributed by atoms with Gasteiger partial charge in [0.15, 0.2) is 5.78 Å². The van der Waals surface area contributed by atoms with E-state index in [9.17, 15) is 9.59 Å². The number of aryl methyl sites for hydroxylation is 2. The van der Waals surface area contributed by atoms with E-state index in [1.807, 2.05) is 39.8 Å². The number of rotatable bonds is 3. The van der Waals surface area contributed by atoms with Crippen molar-refractivity contribution in [3.8, 4) is 0 Å². The molecule has 1 amide bonds. The molecule has 0 unspecified atom stereocenters. The maximum Gasteiger partial charge on any atom is 0.221 e. The average molecular weight is 233 g/mol. The number of Topliss-reactive ketones (excluding diaryl/α,β-unsaturated/α-hetero) is 1. The fraction of sp³-hybridized carbons (Fsp3) is 0.429. The summed E-state index contributed by atoms with van der Waals surface area (Å²) < 4.78 is 0. The summed E-state index contributed by atoms with van der Waals surface area (Å²) in [6.45, 7) is 9.03. The molecule has 0 atom stereocenters. The Morgan fingerprint density at radius 3 is 2.18 bits per heavy atom. The molecule has 1 aromatic rings. The van der Waals surface area contributed by atoms with Crippen LogP contribution < -0.4 is 5.32 Å². The summed E-state index contributed by atoms with van der Waals surface area (Å²) in [4.78, 5) is 23.0. The molecule has 0 spiro atoms. The minimum atomic E-state index is -0.101. The van der Waals surface area contributed by atoms with Gasteiger partial charge in [0.25, 0.3) is 0 Å². The smallest absolute Gasteiger partial charge is 0.221 e. The monoisotopic (exact) mass is 233 g/mol. The number of amides is 1. The fourth-order valence-corrected chi connectivity index (χ4v) is 1.72. The van der Waals surface area contributed by atoms with E-state index in [0.29, 0.717) is 0 Å². The minimum Gasteiger partial charge on any atom is -0.326 e. The molecule has 0 bridgehead atoms. The normalized spacial score (nSPS) is 10.5. The Morgan fingerprint density at radius 2 is 1.71 bits per heavy atom. The van der Waals surface area contributed by atoms with Gasteiger partial charge in [-0.1, -0.05) is 13.8 Å². The second-order valence-corrected chi connectivity index (χ2v) is 4.68. The van der Waals surface area contributed by atoms with Crippen LogP contribution in [0.5, 0.6) is 0 Å². The highest BCUT2D eigenvalue weighted by Gasteiger charge is 2.15. The molecule has 3 nitrogen and oxygen atoms in total. The summed E-state index contributed by atoms with van der Waals surface area (Å²) in [7, 11) is 0. The highest BCUT2D eigenvalue weighted by atomic mass is 16.1. The summed E-state index contributed by atoms with van der Waals surface area (Å²) in [6, 6.07) is 3.70. The van der Waals surface area contributed by atoms with Gasteiger partial charge in [-0.05, 0) is 37.1 Å². The molecule has 0 aliphatic heterocycles. The van der Waals surface area contributed by atoms with Crippen molar-refractivity contribution in [2.24, 2.45) is 5.92 Å². The average Bonchev–Trinajstić information content (AvgIpc) is 2.21. The third-order valence-electron chi connectivity index (χ3n) is 2.67. The molecule has 0 aliphatic rings.